The highest BCUT2D eigenvalue weighted by molar-refractivity contribution is 5.85. The summed E-state index contributed by atoms with van der Waals surface area (Å²) < 4.78 is 12.5. The predicted octanol–water partition coefficient (Wildman–Crippen LogP) is 10.2. The van der Waals surface area contributed by atoms with E-state index >= 15 is 0 Å². The molecule has 326 valence electrons. The van der Waals surface area contributed by atoms with Gasteiger partial charge in [0.2, 0.25) is 0 Å². The number of nitrogens with two attached hydrogens (primary N) is 1. The SMILES string of the molecule is C=C1CC2(CCC(CCC3(O)CCCC(O)C3)C2)C2OC2(C)CCC2C1CC2(C)C1CCC(C2CC#CC(Cc3ccccc3)C(c3cccc4cocc34)CN=C(N)N2)C1. The lowest BCUT2D eigenvalue weighted by atomic mass is 9.46. The first-order chi connectivity index (χ1) is 29.4. The summed E-state index contributed by atoms with van der Waals surface area (Å²) in [6, 6.07) is 17.4. The standard InChI is InChI=1S/C54H71N3O4/c1-35-28-53(24-19-37(29-53)20-25-54(59)22-9-14-42(58)30-54)49-52(3,61-49)23-21-47-44(35)31-51(47,2)41-18-17-39(27-41)48-16-8-12-38(26-36-10-5-4-6-11-36)45(32-56-50(55)57-48)43-15-7-13-40-33-60-34-46(40)43/h4-7,10-11,13,15,33-34,37-39,41-42,44-45,47-49,58-59H,1,9,14,16-32H2,2-3H3,(H3,55,56,57). The van der Waals surface area contributed by atoms with Crippen molar-refractivity contribution in [1.82, 2.24) is 5.32 Å². The van der Waals surface area contributed by atoms with Crippen molar-refractivity contribution >= 4 is 16.7 Å². The molecule has 0 radical (unpaired) electrons. The van der Waals surface area contributed by atoms with Gasteiger partial charge in [-0.25, -0.2) is 0 Å². The van der Waals surface area contributed by atoms with Gasteiger partial charge < -0.3 is 30.4 Å². The molecular formula is C54H71N3O4. The van der Waals surface area contributed by atoms with Crippen molar-refractivity contribution in [3.05, 3.63) is 84.3 Å². The molecule has 3 aromatic rings. The molecule has 7 aliphatic rings. The number of aliphatic hydroxyl groups is 2. The Morgan fingerprint density at radius 3 is 2.67 bits per heavy atom. The Kier molecular flexibility index (Phi) is 11.0. The van der Waals surface area contributed by atoms with E-state index in [9.17, 15) is 10.2 Å². The lowest BCUT2D eigenvalue weighted by molar-refractivity contribution is -0.0697. The Hall–Kier alpha value is -3.57. The fourth-order valence-corrected chi connectivity index (χ4v) is 14.7. The summed E-state index contributed by atoms with van der Waals surface area (Å²) in [5.74, 6) is 11.3. The number of guanidine groups is 1. The highest BCUT2D eigenvalue weighted by Gasteiger charge is 2.67. The highest BCUT2D eigenvalue weighted by Crippen LogP contribution is 2.69. The first-order valence-corrected chi connectivity index (χ1v) is 24.2. The number of aliphatic hydroxyl groups excluding tert-OH is 1. The topological polar surface area (TPSA) is 117 Å². The second kappa shape index (κ2) is 16.2. The van der Waals surface area contributed by atoms with Gasteiger partial charge in [0.1, 0.15) is 0 Å². The van der Waals surface area contributed by atoms with E-state index in [0.717, 1.165) is 68.6 Å². The van der Waals surface area contributed by atoms with Crippen LogP contribution in [0.5, 0.6) is 0 Å². The smallest absolute Gasteiger partial charge is 0.188 e. The van der Waals surface area contributed by atoms with Gasteiger partial charge in [-0.2, -0.15) is 0 Å². The number of fused-ring (bicyclic) bond motifs is 4. The van der Waals surface area contributed by atoms with E-state index in [1.54, 1.807) is 0 Å². The zero-order valence-electron chi connectivity index (χ0n) is 36.9. The Balaban J connectivity index is 0.818. The van der Waals surface area contributed by atoms with Crippen molar-refractivity contribution in [2.24, 2.45) is 57.1 Å². The van der Waals surface area contributed by atoms with Crippen LogP contribution in [0.2, 0.25) is 0 Å². The fraction of sp³-hybridized carbons (Fsp3) is 0.648. The summed E-state index contributed by atoms with van der Waals surface area (Å²) in [6.45, 7) is 10.5. The number of rotatable bonds is 8. The minimum absolute atomic E-state index is 0.0254. The summed E-state index contributed by atoms with van der Waals surface area (Å²) in [7, 11) is 0. The quantitative estimate of drug-likeness (QED) is 0.102. The third kappa shape index (κ3) is 8.01. The van der Waals surface area contributed by atoms with Crippen LogP contribution in [0, 0.1) is 58.2 Å². The number of allylic oxidation sites excluding steroid dienone is 1. The molecule has 0 bridgehead atoms. The molecule has 1 spiro atoms. The molecule has 10 rings (SSSR count). The van der Waals surface area contributed by atoms with E-state index < -0.39 is 5.60 Å². The molecule has 3 heterocycles. The predicted molar refractivity (Wildman–Crippen MR) is 244 cm³/mol. The van der Waals surface area contributed by atoms with Crippen molar-refractivity contribution in [2.75, 3.05) is 6.54 Å². The number of aliphatic imine (C=N–C) groups is 1. The number of ether oxygens (including phenoxy) is 1. The number of hydrogen-bond donors (Lipinski definition) is 4. The van der Waals surface area contributed by atoms with Crippen molar-refractivity contribution < 1.29 is 19.4 Å². The molecule has 5 N–H and O–H groups in total. The van der Waals surface area contributed by atoms with Crippen molar-refractivity contribution in [3.8, 4) is 11.8 Å². The summed E-state index contributed by atoms with van der Waals surface area (Å²) in [5.41, 5.74) is 10.6. The molecule has 5 aliphatic carbocycles. The molecule has 61 heavy (non-hydrogen) atoms. The van der Waals surface area contributed by atoms with E-state index in [1.165, 1.54) is 68.1 Å². The van der Waals surface area contributed by atoms with Gasteiger partial charge in [-0.15, -0.1) is 5.92 Å². The average molecular weight is 826 g/mol. The minimum Gasteiger partial charge on any atom is -0.471 e. The third-order valence-electron chi connectivity index (χ3n) is 18.2. The highest BCUT2D eigenvalue weighted by atomic mass is 16.6. The van der Waals surface area contributed by atoms with E-state index in [1.807, 2.05) is 12.5 Å². The van der Waals surface area contributed by atoms with Crippen LogP contribution in [0.4, 0.5) is 0 Å². The second-order valence-electron chi connectivity index (χ2n) is 22.0. The van der Waals surface area contributed by atoms with E-state index in [-0.39, 0.29) is 35.0 Å². The van der Waals surface area contributed by atoms with Crippen LogP contribution in [0.3, 0.4) is 0 Å². The van der Waals surface area contributed by atoms with Crippen LogP contribution < -0.4 is 11.1 Å². The maximum absolute atomic E-state index is 11.3. The largest absolute Gasteiger partial charge is 0.471 e. The van der Waals surface area contributed by atoms with Crippen molar-refractivity contribution in [1.29, 1.82) is 0 Å². The van der Waals surface area contributed by atoms with Gasteiger partial charge >= 0.3 is 0 Å². The number of nitrogens with zero attached hydrogens (tertiary/aromatic N) is 1. The maximum atomic E-state index is 11.3. The monoisotopic (exact) mass is 826 g/mol. The number of nitrogens with one attached hydrogen (secondary N) is 1. The zero-order valence-corrected chi connectivity index (χ0v) is 36.9. The molecule has 14 unspecified atom stereocenters. The number of benzene rings is 2. The van der Waals surface area contributed by atoms with Crippen LogP contribution >= 0.6 is 0 Å². The van der Waals surface area contributed by atoms with E-state index in [4.69, 9.17) is 26.5 Å². The lowest BCUT2D eigenvalue weighted by Crippen LogP contribution is -2.51. The number of hydrogen-bond acceptors (Lipinski definition) is 7. The molecule has 14 atom stereocenters. The van der Waals surface area contributed by atoms with E-state index in [2.05, 4.69) is 79.5 Å². The van der Waals surface area contributed by atoms with Gasteiger partial charge in [0.05, 0.1) is 42.5 Å². The van der Waals surface area contributed by atoms with Gasteiger partial charge in [-0.1, -0.05) is 73.5 Å². The number of furan rings is 1. The lowest BCUT2D eigenvalue weighted by Gasteiger charge is -2.58. The van der Waals surface area contributed by atoms with Gasteiger partial charge in [0.25, 0.3) is 0 Å². The fourth-order valence-electron chi connectivity index (χ4n) is 14.7. The molecular weight excluding hydrogens is 755 g/mol. The van der Waals surface area contributed by atoms with E-state index in [0.29, 0.717) is 60.0 Å². The Labute approximate surface area is 364 Å². The van der Waals surface area contributed by atoms with Crippen LogP contribution in [0.15, 0.2) is 82.6 Å². The molecule has 1 aromatic heterocycles. The van der Waals surface area contributed by atoms with Crippen LogP contribution in [0.25, 0.3) is 10.8 Å². The first-order valence-electron chi connectivity index (χ1n) is 24.2. The van der Waals surface area contributed by atoms with Gasteiger partial charge in [-0.05, 0) is 156 Å². The minimum atomic E-state index is -0.687. The Morgan fingerprint density at radius 1 is 0.951 bits per heavy atom. The molecule has 1 saturated heterocycles. The Morgan fingerprint density at radius 2 is 1.82 bits per heavy atom. The molecule has 7 nitrogen and oxygen atoms in total. The van der Waals surface area contributed by atoms with Crippen LogP contribution in [-0.4, -0.2) is 52.2 Å². The molecule has 2 aromatic carbocycles. The van der Waals surface area contributed by atoms with Gasteiger partial charge in [0.15, 0.2) is 5.96 Å². The summed E-state index contributed by atoms with van der Waals surface area (Å²) in [5, 5.41) is 27.6. The summed E-state index contributed by atoms with van der Waals surface area (Å²) in [4.78, 5) is 5.07. The van der Waals surface area contributed by atoms with Crippen molar-refractivity contribution in [2.45, 2.75) is 165 Å². The van der Waals surface area contributed by atoms with Crippen molar-refractivity contribution in [3.63, 3.8) is 0 Å². The first kappa shape index (κ1) is 41.4. The van der Waals surface area contributed by atoms with Gasteiger partial charge in [0, 0.05) is 46.9 Å². The molecule has 5 saturated carbocycles. The second-order valence-corrected chi connectivity index (χ2v) is 22.0. The molecule has 6 fully saturated rings. The zero-order chi connectivity index (χ0) is 42.0. The third-order valence-corrected chi connectivity index (χ3v) is 18.2. The molecule has 0 amide bonds. The average Bonchev–Trinajstić information content (AvgIpc) is 3.70. The number of epoxide rings is 1. The summed E-state index contributed by atoms with van der Waals surface area (Å²) >= 11 is 0. The van der Waals surface area contributed by atoms with Crippen LogP contribution in [0.1, 0.15) is 140 Å². The maximum Gasteiger partial charge on any atom is 0.188 e. The normalized spacial score (nSPS) is 42.4. The van der Waals surface area contributed by atoms with Gasteiger partial charge in [-0.3, -0.25) is 4.99 Å². The summed E-state index contributed by atoms with van der Waals surface area (Å²) in [6.07, 6.45) is 22.4. The molecule has 2 aliphatic heterocycles. The molecule has 7 heteroatoms. The Bertz CT molecular complexity index is 2170. The van der Waals surface area contributed by atoms with Crippen LogP contribution in [-0.2, 0) is 11.2 Å².